The number of nitrogens with zero attached hydrogens (tertiary/aromatic N) is 4. The largest absolute Gasteiger partial charge is 0.411 e. The minimum absolute atomic E-state index is 0.392. The Morgan fingerprint density at radius 1 is 1.10 bits per heavy atom. The van der Waals surface area contributed by atoms with Gasteiger partial charge in [0.2, 0.25) is 5.89 Å². The highest BCUT2D eigenvalue weighted by Gasteiger charge is 2.12. The van der Waals surface area contributed by atoms with E-state index >= 15 is 0 Å². The van der Waals surface area contributed by atoms with Gasteiger partial charge in [-0.15, -0.1) is 10.2 Å². The molecule has 0 atom stereocenters. The third kappa shape index (κ3) is 3.22. The Hall–Kier alpha value is -1.92. The number of benzene rings is 1. The van der Waals surface area contributed by atoms with E-state index < -0.39 is 0 Å². The molecule has 2 aromatic heterocycles. The fourth-order valence-electron chi connectivity index (χ4n) is 1.82. The second-order valence-corrected chi connectivity index (χ2v) is 5.73. The molecule has 0 N–H and O–H groups in total. The zero-order chi connectivity index (χ0) is 14.8. The third-order valence-electron chi connectivity index (χ3n) is 2.76. The number of halogens is 1. The second kappa shape index (κ2) is 5.83. The first-order valence-electron chi connectivity index (χ1n) is 6.20. The first kappa shape index (κ1) is 14.0. The zero-order valence-electron chi connectivity index (χ0n) is 11.4. The smallest absolute Gasteiger partial charge is 0.283 e. The molecule has 0 amide bonds. The minimum Gasteiger partial charge on any atom is -0.411 e. The molecular formula is C14H11ClN4OS. The van der Waals surface area contributed by atoms with Gasteiger partial charge in [0, 0.05) is 11.6 Å². The molecule has 21 heavy (non-hydrogen) atoms. The highest BCUT2D eigenvalue weighted by molar-refractivity contribution is 7.99. The van der Waals surface area contributed by atoms with Crippen LogP contribution in [0.5, 0.6) is 0 Å². The average Bonchev–Trinajstić information content (AvgIpc) is 2.86. The summed E-state index contributed by atoms with van der Waals surface area (Å²) in [7, 11) is 0. The van der Waals surface area contributed by atoms with Gasteiger partial charge in [0.25, 0.3) is 5.22 Å². The number of hydrogen-bond donors (Lipinski definition) is 0. The first-order valence-corrected chi connectivity index (χ1v) is 7.40. The highest BCUT2D eigenvalue weighted by Crippen LogP contribution is 2.29. The van der Waals surface area contributed by atoms with Gasteiger partial charge < -0.3 is 4.42 Å². The van der Waals surface area contributed by atoms with Crippen molar-refractivity contribution in [1.82, 2.24) is 20.2 Å². The summed E-state index contributed by atoms with van der Waals surface area (Å²) < 4.78 is 5.67. The molecule has 0 saturated heterocycles. The predicted octanol–water partition coefficient (Wildman–Crippen LogP) is 3.95. The van der Waals surface area contributed by atoms with Crippen LogP contribution in [0.1, 0.15) is 11.4 Å². The van der Waals surface area contributed by atoms with E-state index in [4.69, 9.17) is 16.0 Å². The maximum absolute atomic E-state index is 5.91. The molecule has 0 radical (unpaired) electrons. The monoisotopic (exact) mass is 318 g/mol. The quantitative estimate of drug-likeness (QED) is 0.681. The zero-order valence-corrected chi connectivity index (χ0v) is 12.9. The fourth-order valence-corrected chi connectivity index (χ4v) is 2.84. The van der Waals surface area contributed by atoms with Gasteiger partial charge in [0.15, 0.2) is 0 Å². The van der Waals surface area contributed by atoms with Gasteiger partial charge in [0.05, 0.1) is 0 Å². The van der Waals surface area contributed by atoms with Crippen LogP contribution >= 0.6 is 23.4 Å². The number of aryl methyl sites for hydroxylation is 2. The standard InChI is InChI=1S/C14H11ClN4OS/c1-8-5-3-4-6-10(8)13-18-19-14(20-13)21-12-7-11(15)16-9(2)17-12/h3-7H,1-2H3. The Kier molecular flexibility index (Phi) is 3.90. The molecule has 0 bridgehead atoms. The highest BCUT2D eigenvalue weighted by atomic mass is 35.5. The molecule has 0 aliphatic rings. The van der Waals surface area contributed by atoms with E-state index in [0.29, 0.717) is 27.1 Å². The van der Waals surface area contributed by atoms with Gasteiger partial charge >= 0.3 is 0 Å². The Bertz CT molecular complexity index is 770. The molecule has 3 aromatic rings. The van der Waals surface area contributed by atoms with Crippen molar-refractivity contribution in [2.75, 3.05) is 0 Å². The van der Waals surface area contributed by atoms with Gasteiger partial charge in [-0.2, -0.15) is 0 Å². The summed E-state index contributed by atoms with van der Waals surface area (Å²) in [6.45, 7) is 3.78. The molecule has 0 aliphatic carbocycles. The van der Waals surface area contributed by atoms with Crippen LogP contribution in [0.3, 0.4) is 0 Å². The number of rotatable bonds is 3. The lowest BCUT2D eigenvalue weighted by Crippen LogP contribution is -1.89. The summed E-state index contributed by atoms with van der Waals surface area (Å²) in [5.74, 6) is 1.09. The van der Waals surface area contributed by atoms with Crippen molar-refractivity contribution >= 4 is 23.4 Å². The van der Waals surface area contributed by atoms with Crippen molar-refractivity contribution < 1.29 is 4.42 Å². The normalized spacial score (nSPS) is 10.8. The van der Waals surface area contributed by atoms with Crippen LogP contribution < -0.4 is 0 Å². The van der Waals surface area contributed by atoms with Crippen molar-refractivity contribution in [2.24, 2.45) is 0 Å². The van der Waals surface area contributed by atoms with Crippen LogP contribution in [0.15, 0.2) is 45.0 Å². The van der Waals surface area contributed by atoms with Crippen molar-refractivity contribution in [2.45, 2.75) is 24.1 Å². The Morgan fingerprint density at radius 2 is 1.90 bits per heavy atom. The lowest BCUT2D eigenvalue weighted by Gasteiger charge is -1.99. The van der Waals surface area contributed by atoms with Gasteiger partial charge in [0.1, 0.15) is 16.0 Å². The average molecular weight is 319 g/mol. The third-order valence-corrected chi connectivity index (χ3v) is 3.71. The van der Waals surface area contributed by atoms with Gasteiger partial charge in [-0.05, 0) is 37.2 Å². The van der Waals surface area contributed by atoms with Crippen LogP contribution in [0.2, 0.25) is 5.15 Å². The molecule has 7 heteroatoms. The molecule has 1 aromatic carbocycles. The van der Waals surface area contributed by atoms with Crippen molar-refractivity contribution in [1.29, 1.82) is 0 Å². The molecule has 2 heterocycles. The molecule has 0 fully saturated rings. The van der Waals surface area contributed by atoms with E-state index in [1.165, 1.54) is 11.8 Å². The second-order valence-electron chi connectivity index (χ2n) is 4.37. The maximum atomic E-state index is 5.91. The van der Waals surface area contributed by atoms with E-state index in [1.807, 2.05) is 31.2 Å². The maximum Gasteiger partial charge on any atom is 0.283 e. The predicted molar refractivity (Wildman–Crippen MR) is 80.4 cm³/mol. The Morgan fingerprint density at radius 3 is 2.67 bits per heavy atom. The first-order chi connectivity index (χ1) is 10.1. The van der Waals surface area contributed by atoms with Crippen LogP contribution in [-0.2, 0) is 0 Å². The number of aromatic nitrogens is 4. The van der Waals surface area contributed by atoms with Crippen molar-refractivity contribution in [3.8, 4) is 11.5 Å². The molecule has 5 nitrogen and oxygen atoms in total. The summed E-state index contributed by atoms with van der Waals surface area (Å²) in [6.07, 6.45) is 0. The minimum atomic E-state index is 0.392. The SMILES string of the molecule is Cc1nc(Cl)cc(Sc2nnc(-c3ccccc3C)o2)n1. The molecule has 0 spiro atoms. The van der Waals surface area contributed by atoms with Crippen LogP contribution in [0.25, 0.3) is 11.5 Å². The van der Waals surface area contributed by atoms with Gasteiger partial charge in [-0.25, -0.2) is 9.97 Å². The molecular weight excluding hydrogens is 308 g/mol. The molecule has 0 unspecified atom stereocenters. The van der Waals surface area contributed by atoms with Gasteiger partial charge in [-0.1, -0.05) is 29.8 Å². The topological polar surface area (TPSA) is 64.7 Å². The summed E-state index contributed by atoms with van der Waals surface area (Å²) in [5.41, 5.74) is 2.01. The summed E-state index contributed by atoms with van der Waals surface area (Å²) in [5, 5.41) is 9.59. The van der Waals surface area contributed by atoms with Crippen LogP contribution in [0, 0.1) is 13.8 Å². The molecule has 0 aliphatic heterocycles. The van der Waals surface area contributed by atoms with E-state index in [2.05, 4.69) is 20.2 Å². The van der Waals surface area contributed by atoms with Gasteiger partial charge in [-0.3, -0.25) is 0 Å². The number of hydrogen-bond acceptors (Lipinski definition) is 6. The fraction of sp³-hybridized carbons (Fsp3) is 0.143. The summed E-state index contributed by atoms with van der Waals surface area (Å²) in [6, 6.07) is 9.52. The van der Waals surface area contributed by atoms with E-state index in [-0.39, 0.29) is 0 Å². The van der Waals surface area contributed by atoms with E-state index in [1.54, 1.807) is 13.0 Å². The lowest BCUT2D eigenvalue weighted by molar-refractivity contribution is 0.465. The summed E-state index contributed by atoms with van der Waals surface area (Å²) in [4.78, 5) is 8.28. The van der Waals surface area contributed by atoms with Crippen LogP contribution in [-0.4, -0.2) is 20.2 Å². The molecule has 0 saturated carbocycles. The molecule has 106 valence electrons. The Balaban J connectivity index is 1.87. The summed E-state index contributed by atoms with van der Waals surface area (Å²) >= 11 is 7.17. The molecule has 3 rings (SSSR count). The van der Waals surface area contributed by atoms with Crippen LogP contribution in [0.4, 0.5) is 0 Å². The lowest BCUT2D eigenvalue weighted by atomic mass is 10.1. The van der Waals surface area contributed by atoms with Crippen molar-refractivity contribution in [3.63, 3.8) is 0 Å². The van der Waals surface area contributed by atoms with E-state index in [9.17, 15) is 0 Å². The Labute approximate surface area is 130 Å². The van der Waals surface area contributed by atoms with E-state index in [0.717, 1.165) is 11.1 Å². The van der Waals surface area contributed by atoms with Crippen molar-refractivity contribution in [3.05, 3.63) is 46.9 Å².